The minimum absolute atomic E-state index is 0.0674. The van der Waals surface area contributed by atoms with E-state index in [0.717, 1.165) is 54.2 Å². The van der Waals surface area contributed by atoms with Gasteiger partial charge in [0.05, 0.1) is 20.3 Å². The van der Waals surface area contributed by atoms with Crippen LogP contribution in [0.15, 0.2) is 12.1 Å². The highest BCUT2D eigenvalue weighted by Crippen LogP contribution is 2.45. The molecule has 4 heteroatoms. The SMILES string of the molecule is CCCc1ccc(C2CCC(C3CCC(CCC)CC3)OC2O)c(OC)c1OC. The Hall–Kier alpha value is -1.26. The van der Waals surface area contributed by atoms with E-state index < -0.39 is 6.29 Å². The lowest BCUT2D eigenvalue weighted by atomic mass is 9.75. The average molecular weight is 405 g/mol. The van der Waals surface area contributed by atoms with E-state index in [0.29, 0.717) is 5.92 Å². The summed E-state index contributed by atoms with van der Waals surface area (Å²) >= 11 is 0. The molecule has 3 atom stereocenters. The average Bonchev–Trinajstić information content (AvgIpc) is 2.74. The number of methoxy groups -OCH3 is 2. The number of benzene rings is 1. The Balaban J connectivity index is 1.68. The van der Waals surface area contributed by atoms with Gasteiger partial charge in [0.2, 0.25) is 0 Å². The maximum absolute atomic E-state index is 10.9. The van der Waals surface area contributed by atoms with E-state index in [4.69, 9.17) is 14.2 Å². The Morgan fingerprint density at radius 1 is 0.931 bits per heavy atom. The van der Waals surface area contributed by atoms with Crippen LogP contribution in [0.2, 0.25) is 0 Å². The summed E-state index contributed by atoms with van der Waals surface area (Å²) in [5.41, 5.74) is 2.16. The van der Waals surface area contributed by atoms with E-state index in [1.54, 1.807) is 14.2 Å². The number of aliphatic hydroxyl groups excluding tert-OH is 1. The second-order valence-corrected chi connectivity index (χ2v) is 8.95. The highest BCUT2D eigenvalue weighted by molar-refractivity contribution is 5.53. The molecule has 1 N–H and O–H groups in total. The van der Waals surface area contributed by atoms with Crippen LogP contribution in [0.1, 0.15) is 88.7 Å². The van der Waals surface area contributed by atoms with E-state index >= 15 is 0 Å². The molecule has 0 amide bonds. The molecule has 1 heterocycles. The Morgan fingerprint density at radius 3 is 2.24 bits per heavy atom. The molecule has 3 rings (SSSR count). The summed E-state index contributed by atoms with van der Waals surface area (Å²) in [5.74, 6) is 2.99. The fraction of sp³-hybridized carbons (Fsp3) is 0.760. The summed E-state index contributed by atoms with van der Waals surface area (Å²) in [6.07, 6.45) is 11.1. The second-order valence-electron chi connectivity index (χ2n) is 8.95. The normalized spacial score (nSPS) is 30.2. The Morgan fingerprint density at radius 2 is 1.66 bits per heavy atom. The fourth-order valence-corrected chi connectivity index (χ4v) is 5.55. The number of hydrogen-bond donors (Lipinski definition) is 1. The molecular formula is C25H40O4. The van der Waals surface area contributed by atoms with Crippen LogP contribution in [0, 0.1) is 11.8 Å². The number of aryl methyl sites for hydroxylation is 1. The second kappa shape index (κ2) is 10.7. The standard InChI is InChI=1S/C25H40O4/c1-5-7-17-9-11-18(12-10-17)22-16-15-21(25(26)29-22)20-14-13-19(8-6-2)23(27-3)24(20)28-4/h13-14,17-18,21-22,25-26H,5-12,15-16H2,1-4H3. The van der Waals surface area contributed by atoms with E-state index in [9.17, 15) is 5.11 Å². The van der Waals surface area contributed by atoms with Crippen LogP contribution >= 0.6 is 0 Å². The zero-order valence-electron chi connectivity index (χ0n) is 18.8. The summed E-state index contributed by atoms with van der Waals surface area (Å²) in [7, 11) is 3.38. The fourth-order valence-electron chi connectivity index (χ4n) is 5.55. The highest BCUT2D eigenvalue weighted by Gasteiger charge is 2.38. The number of aliphatic hydroxyl groups is 1. The Kier molecular flexibility index (Phi) is 8.25. The third-order valence-corrected chi connectivity index (χ3v) is 7.09. The van der Waals surface area contributed by atoms with Gasteiger partial charge in [-0.25, -0.2) is 0 Å². The molecule has 29 heavy (non-hydrogen) atoms. The molecular weight excluding hydrogens is 364 g/mol. The number of rotatable bonds is 8. The zero-order chi connectivity index (χ0) is 20.8. The third-order valence-electron chi connectivity index (χ3n) is 7.09. The number of hydrogen-bond acceptors (Lipinski definition) is 4. The van der Waals surface area contributed by atoms with Gasteiger partial charge >= 0.3 is 0 Å². The van der Waals surface area contributed by atoms with Crippen molar-refractivity contribution in [2.24, 2.45) is 11.8 Å². The predicted molar refractivity (Wildman–Crippen MR) is 117 cm³/mol. The lowest BCUT2D eigenvalue weighted by Crippen LogP contribution is -2.39. The van der Waals surface area contributed by atoms with Crippen LogP contribution in [-0.4, -0.2) is 31.7 Å². The van der Waals surface area contributed by atoms with Gasteiger partial charge in [-0.2, -0.15) is 0 Å². The molecule has 1 saturated heterocycles. The lowest BCUT2D eigenvalue weighted by Gasteiger charge is -2.40. The van der Waals surface area contributed by atoms with Gasteiger partial charge in [0, 0.05) is 11.5 Å². The molecule has 2 fully saturated rings. The van der Waals surface area contributed by atoms with Gasteiger partial charge in [-0.15, -0.1) is 0 Å². The molecule has 4 nitrogen and oxygen atoms in total. The first-order valence-corrected chi connectivity index (χ1v) is 11.7. The van der Waals surface area contributed by atoms with Crippen molar-refractivity contribution in [3.63, 3.8) is 0 Å². The van der Waals surface area contributed by atoms with E-state index in [-0.39, 0.29) is 12.0 Å². The molecule has 1 aliphatic carbocycles. The molecule has 1 aromatic rings. The summed E-state index contributed by atoms with van der Waals surface area (Å²) in [5, 5.41) is 10.9. The van der Waals surface area contributed by atoms with Crippen molar-refractivity contribution in [2.45, 2.75) is 96.4 Å². The van der Waals surface area contributed by atoms with Crippen molar-refractivity contribution in [1.82, 2.24) is 0 Å². The third kappa shape index (κ3) is 5.08. The van der Waals surface area contributed by atoms with Crippen molar-refractivity contribution in [1.29, 1.82) is 0 Å². The molecule has 2 aliphatic rings. The molecule has 1 aromatic carbocycles. The van der Waals surface area contributed by atoms with Crippen LogP contribution in [0.25, 0.3) is 0 Å². The Labute approximate surface area is 176 Å². The van der Waals surface area contributed by atoms with E-state index in [2.05, 4.69) is 26.0 Å². The summed E-state index contributed by atoms with van der Waals surface area (Å²) in [4.78, 5) is 0. The molecule has 0 spiro atoms. The Bertz CT molecular complexity index is 636. The van der Waals surface area contributed by atoms with Crippen LogP contribution in [0.3, 0.4) is 0 Å². The van der Waals surface area contributed by atoms with Crippen LogP contribution in [-0.2, 0) is 11.2 Å². The minimum atomic E-state index is -0.780. The maximum atomic E-state index is 10.9. The van der Waals surface area contributed by atoms with Crippen molar-refractivity contribution in [3.05, 3.63) is 23.3 Å². The first kappa shape index (κ1) is 22.4. The van der Waals surface area contributed by atoms with Crippen LogP contribution < -0.4 is 9.47 Å². The summed E-state index contributed by atoms with van der Waals surface area (Å²) in [6.45, 7) is 4.44. The maximum Gasteiger partial charge on any atom is 0.164 e. The van der Waals surface area contributed by atoms with Gasteiger partial charge in [0.25, 0.3) is 0 Å². The zero-order valence-corrected chi connectivity index (χ0v) is 18.8. The molecule has 0 radical (unpaired) electrons. The van der Waals surface area contributed by atoms with Crippen LogP contribution in [0.5, 0.6) is 11.5 Å². The van der Waals surface area contributed by atoms with Crippen LogP contribution in [0.4, 0.5) is 0 Å². The van der Waals surface area contributed by atoms with Crippen molar-refractivity contribution in [3.8, 4) is 11.5 Å². The topological polar surface area (TPSA) is 47.9 Å². The van der Waals surface area contributed by atoms with E-state index in [1.165, 1.54) is 38.5 Å². The first-order chi connectivity index (χ1) is 14.1. The largest absolute Gasteiger partial charge is 0.493 e. The van der Waals surface area contributed by atoms with Gasteiger partial charge < -0.3 is 19.3 Å². The quantitative estimate of drug-likeness (QED) is 0.591. The molecule has 1 aliphatic heterocycles. The molecule has 0 aromatic heterocycles. The minimum Gasteiger partial charge on any atom is -0.493 e. The summed E-state index contributed by atoms with van der Waals surface area (Å²) < 4.78 is 17.6. The van der Waals surface area contributed by atoms with Crippen molar-refractivity contribution < 1.29 is 19.3 Å². The molecule has 3 unspecified atom stereocenters. The monoisotopic (exact) mass is 404 g/mol. The van der Waals surface area contributed by atoms with Gasteiger partial charge in [-0.05, 0) is 49.5 Å². The number of ether oxygens (including phenoxy) is 3. The van der Waals surface area contributed by atoms with Gasteiger partial charge in [-0.3, -0.25) is 0 Å². The molecule has 1 saturated carbocycles. The van der Waals surface area contributed by atoms with Crippen molar-refractivity contribution in [2.75, 3.05) is 14.2 Å². The molecule has 0 bridgehead atoms. The predicted octanol–water partition coefficient (Wildman–Crippen LogP) is 5.84. The van der Waals surface area contributed by atoms with Gasteiger partial charge in [0.15, 0.2) is 17.8 Å². The smallest absolute Gasteiger partial charge is 0.164 e. The highest BCUT2D eigenvalue weighted by atomic mass is 16.6. The van der Waals surface area contributed by atoms with Gasteiger partial charge in [0.1, 0.15) is 0 Å². The van der Waals surface area contributed by atoms with E-state index in [1.807, 2.05) is 0 Å². The van der Waals surface area contributed by atoms with Crippen molar-refractivity contribution >= 4 is 0 Å². The molecule has 164 valence electrons. The van der Waals surface area contributed by atoms with Gasteiger partial charge in [-0.1, -0.05) is 58.1 Å². The lowest BCUT2D eigenvalue weighted by molar-refractivity contribution is -0.192. The first-order valence-electron chi connectivity index (χ1n) is 11.7. The summed E-state index contributed by atoms with van der Waals surface area (Å²) in [6, 6.07) is 4.22.